The first-order valence-electron chi connectivity index (χ1n) is 12.2. The van der Waals surface area contributed by atoms with Crippen LogP contribution < -0.4 is 9.47 Å². The number of amides is 2. The quantitative estimate of drug-likeness (QED) is 0.498. The first kappa shape index (κ1) is 25.0. The number of carbonyl (C=O) groups excluding carboxylic acids is 2. The van der Waals surface area contributed by atoms with Crippen molar-refractivity contribution in [2.45, 2.75) is 25.6 Å². The lowest BCUT2D eigenvalue weighted by Crippen LogP contribution is -2.45. The number of likely N-dealkylation sites (tertiary alicyclic amines) is 2. The Labute approximate surface area is 212 Å². The summed E-state index contributed by atoms with van der Waals surface area (Å²) in [6, 6.07) is 14.8. The van der Waals surface area contributed by atoms with Crippen LogP contribution in [0.25, 0.3) is 10.9 Å². The minimum Gasteiger partial charge on any atom is -0.484 e. The van der Waals surface area contributed by atoms with Crippen LogP contribution in [0, 0.1) is 5.41 Å². The predicted molar refractivity (Wildman–Crippen MR) is 130 cm³/mol. The molecule has 3 heterocycles. The fourth-order valence-electron chi connectivity index (χ4n) is 5.37. The lowest BCUT2D eigenvalue weighted by Gasteiger charge is -2.39. The van der Waals surface area contributed by atoms with E-state index in [4.69, 9.17) is 4.74 Å². The van der Waals surface area contributed by atoms with E-state index >= 15 is 0 Å². The van der Waals surface area contributed by atoms with Crippen molar-refractivity contribution < 1.29 is 32.2 Å². The number of fused-ring (bicyclic) bond motifs is 1. The van der Waals surface area contributed by atoms with Gasteiger partial charge < -0.3 is 23.8 Å². The van der Waals surface area contributed by atoms with Crippen LogP contribution in [0.2, 0.25) is 0 Å². The highest BCUT2D eigenvalue weighted by Crippen LogP contribution is 2.41. The second kappa shape index (κ2) is 9.64. The van der Waals surface area contributed by atoms with Crippen LogP contribution >= 0.6 is 0 Å². The maximum atomic E-state index is 13.2. The van der Waals surface area contributed by atoms with E-state index in [9.17, 15) is 22.8 Å². The van der Waals surface area contributed by atoms with Gasteiger partial charge in [0.2, 0.25) is 0 Å². The Morgan fingerprint density at radius 1 is 0.919 bits per heavy atom. The summed E-state index contributed by atoms with van der Waals surface area (Å²) in [5, 5.41) is 1.04. The van der Waals surface area contributed by atoms with Crippen LogP contribution in [0.15, 0.2) is 54.6 Å². The maximum absolute atomic E-state index is 13.2. The van der Waals surface area contributed by atoms with Crippen molar-refractivity contribution in [2.75, 3.05) is 32.8 Å². The van der Waals surface area contributed by atoms with Gasteiger partial charge in [-0.2, -0.15) is 0 Å². The third-order valence-electron chi connectivity index (χ3n) is 7.49. The molecule has 2 aliphatic rings. The van der Waals surface area contributed by atoms with E-state index in [0.29, 0.717) is 31.9 Å². The fourth-order valence-corrected chi connectivity index (χ4v) is 5.37. The summed E-state index contributed by atoms with van der Waals surface area (Å²) in [6.07, 6.45) is -2.23. The number of carbonyl (C=O) groups is 2. The molecule has 196 valence electrons. The van der Waals surface area contributed by atoms with Gasteiger partial charge in [-0.25, -0.2) is 0 Å². The highest BCUT2D eigenvalue weighted by Gasteiger charge is 2.43. The molecule has 2 saturated heterocycles. The number of piperidine rings is 1. The van der Waals surface area contributed by atoms with Gasteiger partial charge in [-0.15, -0.1) is 13.2 Å². The van der Waals surface area contributed by atoms with Crippen LogP contribution in [0.5, 0.6) is 11.5 Å². The second-order valence-electron chi connectivity index (χ2n) is 9.81. The van der Waals surface area contributed by atoms with Crippen molar-refractivity contribution in [3.05, 3.63) is 60.3 Å². The highest BCUT2D eigenvalue weighted by molar-refractivity contribution is 5.98. The molecule has 2 aliphatic heterocycles. The van der Waals surface area contributed by atoms with E-state index in [0.717, 1.165) is 42.3 Å². The molecule has 5 rings (SSSR count). The molecule has 0 saturated carbocycles. The average Bonchev–Trinajstić information content (AvgIpc) is 3.44. The Kier molecular flexibility index (Phi) is 6.51. The first-order valence-corrected chi connectivity index (χ1v) is 12.2. The summed E-state index contributed by atoms with van der Waals surface area (Å²) in [6.45, 7) is 2.33. The summed E-state index contributed by atoms with van der Waals surface area (Å²) in [4.78, 5) is 29.7. The molecule has 37 heavy (non-hydrogen) atoms. The number of hydrogen-bond acceptors (Lipinski definition) is 4. The topological polar surface area (TPSA) is 64.0 Å². The van der Waals surface area contributed by atoms with Crippen LogP contribution in [0.1, 0.15) is 29.8 Å². The van der Waals surface area contributed by atoms with Crippen molar-refractivity contribution in [1.82, 2.24) is 14.4 Å². The van der Waals surface area contributed by atoms with Gasteiger partial charge >= 0.3 is 6.36 Å². The summed E-state index contributed by atoms with van der Waals surface area (Å²) < 4.78 is 48.1. The number of aryl methyl sites for hydroxylation is 1. The van der Waals surface area contributed by atoms with E-state index in [1.807, 2.05) is 46.8 Å². The van der Waals surface area contributed by atoms with Crippen molar-refractivity contribution >= 4 is 22.7 Å². The van der Waals surface area contributed by atoms with Crippen LogP contribution in [-0.4, -0.2) is 65.3 Å². The van der Waals surface area contributed by atoms with Crippen molar-refractivity contribution in [3.8, 4) is 11.5 Å². The van der Waals surface area contributed by atoms with E-state index in [-0.39, 0.29) is 35.3 Å². The van der Waals surface area contributed by atoms with Gasteiger partial charge in [0.05, 0.1) is 0 Å². The fraction of sp³-hybridized carbons (Fsp3) is 0.407. The lowest BCUT2D eigenvalue weighted by atomic mass is 9.77. The third kappa shape index (κ3) is 5.38. The number of nitrogens with zero attached hydrogens (tertiary/aromatic N) is 3. The molecule has 2 fully saturated rings. The molecule has 0 bridgehead atoms. The molecule has 7 nitrogen and oxygen atoms in total. The van der Waals surface area contributed by atoms with Gasteiger partial charge in [-0.3, -0.25) is 9.59 Å². The minimum absolute atomic E-state index is 0.0120. The zero-order valence-electron chi connectivity index (χ0n) is 20.5. The SMILES string of the molecule is Cn1c(C(=O)N2CCC3(CCN(C(=O)COc4ccc(OC(F)(F)F)cc4)C3)CC2)cc2ccccc21. The average molecular weight is 516 g/mol. The van der Waals surface area contributed by atoms with Crippen LogP contribution in [0.3, 0.4) is 0 Å². The Bertz CT molecular complexity index is 1290. The van der Waals surface area contributed by atoms with Crippen molar-refractivity contribution in [1.29, 1.82) is 0 Å². The highest BCUT2D eigenvalue weighted by atomic mass is 19.4. The minimum atomic E-state index is -4.76. The number of ether oxygens (including phenoxy) is 2. The van der Waals surface area contributed by atoms with Crippen LogP contribution in [0.4, 0.5) is 13.2 Å². The number of hydrogen-bond donors (Lipinski definition) is 0. The molecule has 1 spiro atoms. The van der Waals surface area contributed by atoms with Crippen molar-refractivity contribution in [2.24, 2.45) is 12.5 Å². The summed E-state index contributed by atoms with van der Waals surface area (Å²) in [5.41, 5.74) is 1.69. The number of halogens is 3. The Balaban J connectivity index is 1.12. The predicted octanol–water partition coefficient (Wildman–Crippen LogP) is 4.61. The van der Waals surface area contributed by atoms with Gasteiger partial charge in [0, 0.05) is 44.1 Å². The molecule has 2 aromatic carbocycles. The third-order valence-corrected chi connectivity index (χ3v) is 7.49. The van der Waals surface area contributed by atoms with Gasteiger partial charge in [0.15, 0.2) is 6.61 Å². The molecule has 0 unspecified atom stereocenters. The lowest BCUT2D eigenvalue weighted by molar-refractivity contribution is -0.274. The summed E-state index contributed by atoms with van der Waals surface area (Å²) >= 11 is 0. The Hall–Kier alpha value is -3.69. The molecule has 10 heteroatoms. The smallest absolute Gasteiger partial charge is 0.484 e. The molecular formula is C27H28F3N3O4. The molecular weight excluding hydrogens is 487 g/mol. The van der Waals surface area contributed by atoms with Crippen LogP contribution in [-0.2, 0) is 11.8 Å². The molecule has 1 aromatic heterocycles. The van der Waals surface area contributed by atoms with E-state index in [1.54, 1.807) is 4.90 Å². The number of aromatic nitrogens is 1. The Morgan fingerprint density at radius 3 is 2.19 bits per heavy atom. The Morgan fingerprint density at radius 2 is 1.54 bits per heavy atom. The van der Waals surface area contributed by atoms with Gasteiger partial charge in [-0.05, 0) is 61.1 Å². The standard InChI is InChI=1S/C27H28F3N3O4/c1-31-22-5-3-2-4-19(22)16-23(31)25(35)32-13-10-26(11-14-32)12-15-33(18-26)24(34)17-36-20-6-8-21(9-7-20)37-27(28,29)30/h2-9,16H,10-15,17-18H2,1H3. The largest absolute Gasteiger partial charge is 0.573 e. The molecule has 2 amide bonds. The molecule has 0 aliphatic carbocycles. The molecule has 0 atom stereocenters. The van der Waals surface area contributed by atoms with Crippen molar-refractivity contribution in [3.63, 3.8) is 0 Å². The zero-order valence-corrected chi connectivity index (χ0v) is 20.5. The zero-order chi connectivity index (χ0) is 26.2. The summed E-state index contributed by atoms with van der Waals surface area (Å²) in [7, 11) is 1.91. The van der Waals surface area contributed by atoms with Gasteiger partial charge in [0.25, 0.3) is 11.8 Å². The van der Waals surface area contributed by atoms with Gasteiger partial charge in [-0.1, -0.05) is 18.2 Å². The molecule has 3 aromatic rings. The van der Waals surface area contributed by atoms with E-state index in [1.165, 1.54) is 12.1 Å². The van der Waals surface area contributed by atoms with E-state index in [2.05, 4.69) is 4.74 Å². The molecule has 0 N–H and O–H groups in total. The second-order valence-corrected chi connectivity index (χ2v) is 9.81. The van der Waals surface area contributed by atoms with Gasteiger partial charge in [0.1, 0.15) is 17.2 Å². The first-order chi connectivity index (χ1) is 17.6. The number of alkyl halides is 3. The number of benzene rings is 2. The monoisotopic (exact) mass is 515 g/mol. The number of para-hydroxylation sites is 1. The maximum Gasteiger partial charge on any atom is 0.573 e. The van der Waals surface area contributed by atoms with E-state index < -0.39 is 6.36 Å². The number of rotatable bonds is 5. The normalized spacial score (nSPS) is 17.4. The molecule has 0 radical (unpaired) electrons. The summed E-state index contributed by atoms with van der Waals surface area (Å²) in [5.74, 6) is -0.198.